The standard InChI is InChI=1S/C22H25N3O4S/c1-2-29-17-9-7-16(8-10-17)23-20(26)15-5-3-14(4-6-15)13-25-21(27)19-18(11-12-30-19)24-22(25)28/h7-12,14-15H,2-6,13H2,1H3,(H,23,26)(H,24,28). The van der Waals surface area contributed by atoms with E-state index in [0.717, 1.165) is 37.1 Å². The van der Waals surface area contributed by atoms with Gasteiger partial charge >= 0.3 is 5.69 Å². The van der Waals surface area contributed by atoms with E-state index in [1.54, 1.807) is 11.4 Å². The maximum absolute atomic E-state index is 12.6. The van der Waals surface area contributed by atoms with Crippen molar-refractivity contribution in [2.45, 2.75) is 39.2 Å². The number of amides is 1. The van der Waals surface area contributed by atoms with Gasteiger partial charge < -0.3 is 15.0 Å². The van der Waals surface area contributed by atoms with Gasteiger partial charge in [0, 0.05) is 18.2 Å². The van der Waals surface area contributed by atoms with Gasteiger partial charge in [0.05, 0.1) is 12.1 Å². The minimum absolute atomic E-state index is 0.0210. The fourth-order valence-corrected chi connectivity index (χ4v) is 4.84. The monoisotopic (exact) mass is 427 g/mol. The zero-order valence-corrected chi connectivity index (χ0v) is 17.7. The molecule has 1 saturated carbocycles. The molecule has 0 saturated heterocycles. The first-order chi connectivity index (χ1) is 14.5. The summed E-state index contributed by atoms with van der Waals surface area (Å²) in [4.78, 5) is 40.3. The highest BCUT2D eigenvalue weighted by molar-refractivity contribution is 7.17. The van der Waals surface area contributed by atoms with E-state index in [4.69, 9.17) is 4.74 Å². The number of ether oxygens (including phenoxy) is 1. The molecule has 2 heterocycles. The van der Waals surface area contributed by atoms with Crippen molar-refractivity contribution >= 4 is 33.1 Å². The Morgan fingerprint density at radius 2 is 1.90 bits per heavy atom. The zero-order chi connectivity index (χ0) is 21.1. The number of hydrogen-bond acceptors (Lipinski definition) is 5. The van der Waals surface area contributed by atoms with Crippen LogP contribution in [0.5, 0.6) is 5.75 Å². The van der Waals surface area contributed by atoms with Crippen molar-refractivity contribution in [1.29, 1.82) is 0 Å². The zero-order valence-electron chi connectivity index (χ0n) is 16.8. The Kier molecular flexibility index (Phi) is 6.03. The summed E-state index contributed by atoms with van der Waals surface area (Å²) >= 11 is 1.34. The second-order valence-corrected chi connectivity index (χ2v) is 8.59. The molecule has 0 bridgehead atoms. The fraction of sp³-hybridized carbons (Fsp3) is 0.409. The second-order valence-electron chi connectivity index (χ2n) is 7.67. The molecule has 0 unspecified atom stereocenters. The van der Waals surface area contributed by atoms with Gasteiger partial charge in [0.2, 0.25) is 5.91 Å². The van der Waals surface area contributed by atoms with E-state index in [1.807, 2.05) is 31.2 Å². The van der Waals surface area contributed by atoms with Crippen LogP contribution < -0.4 is 21.3 Å². The van der Waals surface area contributed by atoms with Crippen molar-refractivity contribution in [3.05, 3.63) is 56.5 Å². The van der Waals surface area contributed by atoms with E-state index in [1.165, 1.54) is 15.9 Å². The Morgan fingerprint density at radius 1 is 1.17 bits per heavy atom. The van der Waals surface area contributed by atoms with Gasteiger partial charge in [-0.25, -0.2) is 4.79 Å². The summed E-state index contributed by atoms with van der Waals surface area (Å²) in [6.07, 6.45) is 3.13. The van der Waals surface area contributed by atoms with Crippen molar-refractivity contribution in [1.82, 2.24) is 9.55 Å². The lowest BCUT2D eigenvalue weighted by atomic mass is 9.81. The van der Waals surface area contributed by atoms with Crippen LogP contribution in [0.1, 0.15) is 32.6 Å². The summed E-state index contributed by atoms with van der Waals surface area (Å²) in [5.74, 6) is 0.966. The quantitative estimate of drug-likeness (QED) is 0.629. The van der Waals surface area contributed by atoms with Gasteiger partial charge in [-0.3, -0.25) is 14.2 Å². The van der Waals surface area contributed by atoms with Crippen LogP contribution in [-0.2, 0) is 11.3 Å². The van der Waals surface area contributed by atoms with Crippen LogP contribution in [0.15, 0.2) is 45.3 Å². The van der Waals surface area contributed by atoms with E-state index in [2.05, 4.69) is 10.3 Å². The molecule has 0 aliphatic heterocycles. The van der Waals surface area contributed by atoms with E-state index >= 15 is 0 Å². The number of anilines is 1. The van der Waals surface area contributed by atoms with E-state index in [9.17, 15) is 14.4 Å². The topological polar surface area (TPSA) is 93.2 Å². The number of benzene rings is 1. The molecule has 1 fully saturated rings. The van der Waals surface area contributed by atoms with Gasteiger partial charge in [0.25, 0.3) is 5.56 Å². The number of H-pyrrole nitrogens is 1. The fourth-order valence-electron chi connectivity index (χ4n) is 4.05. The number of aromatic nitrogens is 2. The molecule has 4 rings (SSSR count). The van der Waals surface area contributed by atoms with Crippen molar-refractivity contribution in [3.63, 3.8) is 0 Å². The Morgan fingerprint density at radius 3 is 2.60 bits per heavy atom. The summed E-state index contributed by atoms with van der Waals surface area (Å²) < 4.78 is 7.31. The van der Waals surface area contributed by atoms with Crippen molar-refractivity contribution < 1.29 is 9.53 Å². The molecule has 0 atom stereocenters. The van der Waals surface area contributed by atoms with Gasteiger partial charge in [-0.15, -0.1) is 11.3 Å². The molecule has 158 valence electrons. The summed E-state index contributed by atoms with van der Waals surface area (Å²) in [6, 6.07) is 9.12. The van der Waals surface area contributed by atoms with Crippen LogP contribution in [0.25, 0.3) is 10.2 Å². The van der Waals surface area contributed by atoms with E-state index in [-0.39, 0.29) is 29.0 Å². The highest BCUT2D eigenvalue weighted by atomic mass is 32.1. The number of carbonyl (C=O) groups excluding carboxylic acids is 1. The Hall–Kier alpha value is -2.87. The molecule has 1 amide bonds. The predicted octanol–water partition coefficient (Wildman–Crippen LogP) is 3.60. The number of thiophene rings is 1. The van der Waals surface area contributed by atoms with E-state index < -0.39 is 0 Å². The lowest BCUT2D eigenvalue weighted by Crippen LogP contribution is -2.38. The molecule has 0 spiro atoms. The second kappa shape index (κ2) is 8.87. The number of fused-ring (bicyclic) bond motifs is 1. The first kappa shape index (κ1) is 20.4. The Balaban J connectivity index is 1.34. The van der Waals surface area contributed by atoms with Crippen LogP contribution in [0, 0.1) is 11.8 Å². The molecule has 1 aliphatic rings. The molecule has 7 nitrogen and oxygen atoms in total. The average Bonchev–Trinajstić information content (AvgIpc) is 3.22. The van der Waals surface area contributed by atoms with Gasteiger partial charge in [-0.05, 0) is 74.2 Å². The van der Waals surface area contributed by atoms with Gasteiger partial charge in [-0.2, -0.15) is 0 Å². The molecule has 1 aliphatic carbocycles. The van der Waals surface area contributed by atoms with Crippen molar-refractivity contribution in [3.8, 4) is 5.75 Å². The summed E-state index contributed by atoms with van der Waals surface area (Å²) in [7, 11) is 0. The van der Waals surface area contributed by atoms with Crippen molar-refractivity contribution in [2.24, 2.45) is 11.8 Å². The van der Waals surface area contributed by atoms with Crippen LogP contribution in [0.2, 0.25) is 0 Å². The molecular weight excluding hydrogens is 402 g/mol. The third-order valence-electron chi connectivity index (χ3n) is 5.68. The highest BCUT2D eigenvalue weighted by Gasteiger charge is 2.27. The minimum atomic E-state index is -0.360. The van der Waals surface area contributed by atoms with Crippen LogP contribution in [-0.4, -0.2) is 22.1 Å². The molecule has 30 heavy (non-hydrogen) atoms. The Bertz CT molecular complexity index is 1140. The number of aromatic amines is 1. The molecule has 2 N–H and O–H groups in total. The molecule has 2 aromatic heterocycles. The largest absolute Gasteiger partial charge is 0.494 e. The summed E-state index contributed by atoms with van der Waals surface area (Å²) in [5.41, 5.74) is 0.772. The van der Waals surface area contributed by atoms with Gasteiger partial charge in [-0.1, -0.05) is 0 Å². The number of nitrogens with zero attached hydrogens (tertiary/aromatic N) is 1. The third-order valence-corrected chi connectivity index (χ3v) is 6.58. The third kappa shape index (κ3) is 4.33. The highest BCUT2D eigenvalue weighted by Crippen LogP contribution is 2.30. The predicted molar refractivity (Wildman–Crippen MR) is 118 cm³/mol. The smallest absolute Gasteiger partial charge is 0.328 e. The number of rotatable bonds is 6. The number of carbonyl (C=O) groups is 1. The Labute approximate surface area is 177 Å². The lowest BCUT2D eigenvalue weighted by Gasteiger charge is -2.28. The minimum Gasteiger partial charge on any atom is -0.494 e. The number of hydrogen-bond donors (Lipinski definition) is 2. The SMILES string of the molecule is CCOc1ccc(NC(=O)C2CCC(Cn3c(=O)[nH]c4ccsc4c3=O)CC2)cc1. The first-order valence-electron chi connectivity index (χ1n) is 10.3. The van der Waals surface area contributed by atoms with Gasteiger partial charge in [0.15, 0.2) is 0 Å². The van der Waals surface area contributed by atoms with Crippen LogP contribution in [0.3, 0.4) is 0 Å². The average molecular weight is 428 g/mol. The van der Waals surface area contributed by atoms with Crippen LogP contribution in [0.4, 0.5) is 5.69 Å². The van der Waals surface area contributed by atoms with Crippen molar-refractivity contribution in [2.75, 3.05) is 11.9 Å². The maximum atomic E-state index is 12.6. The first-order valence-corrected chi connectivity index (χ1v) is 11.2. The van der Waals surface area contributed by atoms with E-state index in [0.29, 0.717) is 23.4 Å². The summed E-state index contributed by atoms with van der Waals surface area (Å²) in [6.45, 7) is 2.93. The van der Waals surface area contributed by atoms with Gasteiger partial charge in [0.1, 0.15) is 10.4 Å². The normalized spacial score (nSPS) is 19.0. The lowest BCUT2D eigenvalue weighted by molar-refractivity contribution is -0.121. The van der Waals surface area contributed by atoms with Crippen LogP contribution >= 0.6 is 11.3 Å². The maximum Gasteiger partial charge on any atom is 0.328 e. The molecule has 3 aromatic rings. The molecule has 8 heteroatoms. The molecule has 0 radical (unpaired) electrons. The molecule has 1 aromatic carbocycles. The molecular formula is C22H25N3O4S. The number of nitrogens with one attached hydrogen (secondary N) is 2. The summed E-state index contributed by atoms with van der Waals surface area (Å²) in [5, 5.41) is 4.78.